The highest BCUT2D eigenvalue weighted by Gasteiger charge is 2.20. The highest BCUT2D eigenvalue weighted by Crippen LogP contribution is 2.25. The number of benzene rings is 1. The maximum atomic E-state index is 12.1. The van der Waals surface area contributed by atoms with Crippen molar-refractivity contribution in [2.45, 2.75) is 30.1 Å². The number of hydrogen-bond donors (Lipinski definition) is 2. The third kappa shape index (κ3) is 4.19. The average Bonchev–Trinajstić information content (AvgIpc) is 2.35. The predicted octanol–water partition coefficient (Wildman–Crippen LogP) is 1.21. The van der Waals surface area contributed by atoms with Crippen molar-refractivity contribution >= 4 is 25.5 Å². The first-order valence-corrected chi connectivity index (χ1v) is 9.67. The van der Waals surface area contributed by atoms with Gasteiger partial charge in [-0.2, -0.15) is 0 Å². The molecule has 6 nitrogen and oxygen atoms in total. The minimum Gasteiger partial charge on any atom is -0.384 e. The van der Waals surface area contributed by atoms with Gasteiger partial charge in [-0.05, 0) is 24.6 Å². The molecule has 0 bridgehead atoms. The van der Waals surface area contributed by atoms with E-state index in [-0.39, 0.29) is 16.3 Å². The maximum Gasteiger partial charge on any atom is 0.242 e. The number of anilines is 1. The summed E-state index contributed by atoms with van der Waals surface area (Å²) in [5.41, 5.74) is 0.403. The fourth-order valence-electron chi connectivity index (χ4n) is 1.63. The molecular weight excluding hydrogens is 300 g/mol. The van der Waals surface area contributed by atoms with E-state index >= 15 is 0 Å². The standard InChI is InChI=1S/C12H20N2O4S2/c1-4-8-13-11-7-6-10(19(3,15)16)9-12(11)20(17,18)14-5-2/h6-7,9,13-14H,4-5,8H2,1-3H3. The van der Waals surface area contributed by atoms with Crippen molar-refractivity contribution in [1.82, 2.24) is 4.72 Å². The molecule has 1 rings (SSSR count). The van der Waals surface area contributed by atoms with Crippen LogP contribution in [0.2, 0.25) is 0 Å². The fourth-order valence-corrected chi connectivity index (χ4v) is 3.60. The molecule has 0 aromatic heterocycles. The Kier molecular flexibility index (Phi) is 5.55. The first kappa shape index (κ1) is 16.9. The molecule has 0 heterocycles. The number of sulfone groups is 1. The van der Waals surface area contributed by atoms with E-state index in [1.54, 1.807) is 6.92 Å². The van der Waals surface area contributed by atoms with Crippen LogP contribution in [-0.4, -0.2) is 36.2 Å². The Balaban J connectivity index is 3.41. The Bertz CT molecular complexity index is 667. The minimum absolute atomic E-state index is 0.0176. The molecule has 0 fully saturated rings. The Hall–Kier alpha value is -1.12. The van der Waals surface area contributed by atoms with Crippen LogP contribution < -0.4 is 10.0 Å². The topological polar surface area (TPSA) is 92.3 Å². The van der Waals surface area contributed by atoms with Crippen LogP contribution in [0.4, 0.5) is 5.69 Å². The highest BCUT2D eigenvalue weighted by atomic mass is 32.2. The van der Waals surface area contributed by atoms with Gasteiger partial charge < -0.3 is 5.32 Å². The summed E-state index contributed by atoms with van der Waals surface area (Å²) in [5, 5.41) is 2.99. The van der Waals surface area contributed by atoms with Crippen molar-refractivity contribution in [3.05, 3.63) is 18.2 Å². The van der Waals surface area contributed by atoms with Gasteiger partial charge in [-0.15, -0.1) is 0 Å². The smallest absolute Gasteiger partial charge is 0.242 e. The minimum atomic E-state index is -3.73. The van der Waals surface area contributed by atoms with Crippen LogP contribution >= 0.6 is 0 Å². The Morgan fingerprint density at radius 3 is 2.25 bits per heavy atom. The van der Waals surface area contributed by atoms with Crippen molar-refractivity contribution < 1.29 is 16.8 Å². The van der Waals surface area contributed by atoms with Crippen LogP contribution in [0.15, 0.2) is 28.0 Å². The molecule has 0 unspecified atom stereocenters. The zero-order valence-electron chi connectivity index (χ0n) is 11.8. The Labute approximate surface area is 120 Å². The molecule has 8 heteroatoms. The average molecular weight is 320 g/mol. The molecule has 0 atom stereocenters. The quantitative estimate of drug-likeness (QED) is 0.788. The molecule has 0 aliphatic carbocycles. The SMILES string of the molecule is CCCNc1ccc(S(C)(=O)=O)cc1S(=O)(=O)NCC. The van der Waals surface area contributed by atoms with Crippen LogP contribution in [0.5, 0.6) is 0 Å². The lowest BCUT2D eigenvalue weighted by Crippen LogP contribution is -2.24. The third-order valence-electron chi connectivity index (χ3n) is 2.57. The zero-order valence-corrected chi connectivity index (χ0v) is 13.4. The molecule has 0 spiro atoms. The normalized spacial score (nSPS) is 12.3. The molecule has 20 heavy (non-hydrogen) atoms. The van der Waals surface area contributed by atoms with Crippen molar-refractivity contribution in [2.24, 2.45) is 0 Å². The van der Waals surface area contributed by atoms with E-state index in [1.807, 2.05) is 6.92 Å². The largest absolute Gasteiger partial charge is 0.384 e. The van der Waals surface area contributed by atoms with Gasteiger partial charge in [-0.1, -0.05) is 13.8 Å². The molecule has 0 radical (unpaired) electrons. The van der Waals surface area contributed by atoms with Crippen LogP contribution in [0.1, 0.15) is 20.3 Å². The second kappa shape index (κ2) is 6.55. The van der Waals surface area contributed by atoms with E-state index in [0.29, 0.717) is 12.2 Å². The summed E-state index contributed by atoms with van der Waals surface area (Å²) in [7, 11) is -7.19. The third-order valence-corrected chi connectivity index (χ3v) is 5.27. The number of rotatable bonds is 7. The first-order chi connectivity index (χ1) is 9.22. The van der Waals surface area contributed by atoms with Crippen LogP contribution in [0, 0.1) is 0 Å². The molecule has 0 saturated heterocycles. The van der Waals surface area contributed by atoms with E-state index in [0.717, 1.165) is 12.7 Å². The van der Waals surface area contributed by atoms with Gasteiger partial charge >= 0.3 is 0 Å². The first-order valence-electron chi connectivity index (χ1n) is 6.30. The van der Waals surface area contributed by atoms with Crippen LogP contribution in [-0.2, 0) is 19.9 Å². The van der Waals surface area contributed by atoms with Gasteiger partial charge in [0, 0.05) is 19.3 Å². The summed E-state index contributed by atoms with van der Waals surface area (Å²) in [6.45, 7) is 4.46. The molecule has 0 saturated carbocycles. The lowest BCUT2D eigenvalue weighted by atomic mass is 10.3. The molecule has 0 amide bonds. The van der Waals surface area contributed by atoms with Crippen molar-refractivity contribution in [3.8, 4) is 0 Å². The lowest BCUT2D eigenvalue weighted by molar-refractivity contribution is 0.584. The Morgan fingerprint density at radius 2 is 1.75 bits per heavy atom. The summed E-state index contributed by atoms with van der Waals surface area (Å²) in [4.78, 5) is -0.0632. The summed E-state index contributed by atoms with van der Waals surface area (Å²) < 4.78 is 49.8. The number of nitrogens with one attached hydrogen (secondary N) is 2. The summed E-state index contributed by atoms with van der Waals surface area (Å²) >= 11 is 0. The van der Waals surface area contributed by atoms with E-state index in [4.69, 9.17) is 0 Å². The van der Waals surface area contributed by atoms with Gasteiger partial charge in [0.2, 0.25) is 10.0 Å². The van der Waals surface area contributed by atoms with Crippen LogP contribution in [0.3, 0.4) is 0 Å². The number of sulfonamides is 1. The van der Waals surface area contributed by atoms with Crippen molar-refractivity contribution in [1.29, 1.82) is 0 Å². The predicted molar refractivity (Wildman–Crippen MR) is 79.2 cm³/mol. The zero-order chi connectivity index (χ0) is 15.4. The van der Waals surface area contributed by atoms with E-state index in [9.17, 15) is 16.8 Å². The Morgan fingerprint density at radius 1 is 1.10 bits per heavy atom. The van der Waals surface area contributed by atoms with Gasteiger partial charge in [-0.25, -0.2) is 21.6 Å². The van der Waals surface area contributed by atoms with Crippen molar-refractivity contribution in [2.75, 3.05) is 24.7 Å². The molecule has 2 N–H and O–H groups in total. The lowest BCUT2D eigenvalue weighted by Gasteiger charge is -2.13. The monoisotopic (exact) mass is 320 g/mol. The van der Waals surface area contributed by atoms with Crippen molar-refractivity contribution in [3.63, 3.8) is 0 Å². The van der Waals surface area contributed by atoms with E-state index < -0.39 is 19.9 Å². The highest BCUT2D eigenvalue weighted by molar-refractivity contribution is 7.91. The van der Waals surface area contributed by atoms with Gasteiger partial charge in [0.1, 0.15) is 4.90 Å². The van der Waals surface area contributed by atoms with E-state index in [2.05, 4.69) is 10.0 Å². The van der Waals surface area contributed by atoms with Gasteiger partial charge in [0.25, 0.3) is 0 Å². The van der Waals surface area contributed by atoms with Gasteiger partial charge in [0.05, 0.1) is 10.6 Å². The van der Waals surface area contributed by atoms with E-state index in [1.165, 1.54) is 18.2 Å². The maximum absolute atomic E-state index is 12.1. The molecule has 1 aromatic carbocycles. The number of hydrogen-bond acceptors (Lipinski definition) is 5. The molecule has 114 valence electrons. The molecule has 0 aliphatic rings. The molecular formula is C12H20N2O4S2. The fraction of sp³-hybridized carbons (Fsp3) is 0.500. The van der Waals surface area contributed by atoms with Crippen LogP contribution in [0.25, 0.3) is 0 Å². The molecule has 1 aromatic rings. The van der Waals surface area contributed by atoms with Gasteiger partial charge in [-0.3, -0.25) is 0 Å². The summed E-state index contributed by atoms with van der Waals surface area (Å²) in [5.74, 6) is 0. The molecule has 0 aliphatic heterocycles. The second-order valence-corrected chi connectivity index (χ2v) is 8.11. The summed E-state index contributed by atoms with van der Waals surface area (Å²) in [6, 6.07) is 4.07. The van der Waals surface area contributed by atoms with Gasteiger partial charge in [0.15, 0.2) is 9.84 Å². The second-order valence-electron chi connectivity index (χ2n) is 4.36. The summed E-state index contributed by atoms with van der Waals surface area (Å²) in [6.07, 6.45) is 1.87.